The standard InChI is InChI=1S/C25H21N3O3/c1-31-23-14-8-7-13-21(23)27-25(30)22(28-24(29)17-9-3-2-4-10-17)15-18-16-26-20-12-6-5-11-19(18)20/h2-16,26H,1H3,(H,27,30)(H,28,29)/b22-15-. The molecule has 0 spiro atoms. The summed E-state index contributed by atoms with van der Waals surface area (Å²) in [4.78, 5) is 29.1. The van der Waals surface area contributed by atoms with Gasteiger partial charge in [-0.1, -0.05) is 48.5 Å². The van der Waals surface area contributed by atoms with Crippen molar-refractivity contribution in [3.05, 3.63) is 102 Å². The second-order valence-corrected chi connectivity index (χ2v) is 6.82. The van der Waals surface area contributed by atoms with E-state index in [1.165, 1.54) is 7.11 Å². The van der Waals surface area contributed by atoms with Gasteiger partial charge in [-0.2, -0.15) is 0 Å². The van der Waals surface area contributed by atoms with E-state index in [2.05, 4.69) is 15.6 Å². The number of aromatic nitrogens is 1. The number of methoxy groups -OCH3 is 1. The molecule has 0 fully saturated rings. The van der Waals surface area contributed by atoms with Crippen molar-refractivity contribution in [2.45, 2.75) is 0 Å². The number of nitrogens with one attached hydrogen (secondary N) is 3. The van der Waals surface area contributed by atoms with Gasteiger partial charge in [-0.3, -0.25) is 9.59 Å². The van der Waals surface area contributed by atoms with E-state index in [1.54, 1.807) is 54.7 Å². The molecule has 2 amide bonds. The Morgan fingerprint density at radius 3 is 2.42 bits per heavy atom. The summed E-state index contributed by atoms with van der Waals surface area (Å²) in [6.07, 6.45) is 3.46. The number of para-hydroxylation sites is 3. The zero-order valence-corrected chi connectivity index (χ0v) is 16.9. The molecule has 31 heavy (non-hydrogen) atoms. The van der Waals surface area contributed by atoms with Crippen molar-refractivity contribution in [1.82, 2.24) is 10.3 Å². The fourth-order valence-corrected chi connectivity index (χ4v) is 3.25. The molecule has 3 N–H and O–H groups in total. The molecule has 1 aromatic heterocycles. The SMILES string of the molecule is COc1ccccc1NC(=O)/C(=C/c1c[nH]c2ccccc12)NC(=O)c1ccccc1. The van der Waals surface area contributed by atoms with Gasteiger partial charge < -0.3 is 20.4 Å². The lowest BCUT2D eigenvalue weighted by molar-refractivity contribution is -0.113. The predicted octanol–water partition coefficient (Wildman–Crippen LogP) is 4.59. The highest BCUT2D eigenvalue weighted by molar-refractivity contribution is 6.12. The van der Waals surface area contributed by atoms with Crippen LogP contribution in [-0.4, -0.2) is 23.9 Å². The molecule has 0 saturated carbocycles. The number of hydrogen-bond donors (Lipinski definition) is 3. The molecule has 3 aromatic carbocycles. The van der Waals surface area contributed by atoms with Crippen molar-refractivity contribution >= 4 is 34.5 Å². The minimum absolute atomic E-state index is 0.115. The third-order valence-corrected chi connectivity index (χ3v) is 4.81. The fourth-order valence-electron chi connectivity index (χ4n) is 3.25. The Labute approximate surface area is 179 Å². The van der Waals surface area contributed by atoms with E-state index in [4.69, 9.17) is 4.74 Å². The molecule has 4 rings (SSSR count). The zero-order valence-electron chi connectivity index (χ0n) is 16.9. The van der Waals surface area contributed by atoms with Crippen molar-refractivity contribution in [2.75, 3.05) is 12.4 Å². The van der Waals surface area contributed by atoms with Crippen LogP contribution in [0.2, 0.25) is 0 Å². The van der Waals surface area contributed by atoms with Gasteiger partial charge in [0.15, 0.2) is 0 Å². The Balaban J connectivity index is 1.69. The van der Waals surface area contributed by atoms with Crippen molar-refractivity contribution in [3.8, 4) is 5.75 Å². The van der Waals surface area contributed by atoms with Gasteiger partial charge in [0.1, 0.15) is 11.4 Å². The van der Waals surface area contributed by atoms with Crippen LogP contribution >= 0.6 is 0 Å². The van der Waals surface area contributed by atoms with Gasteiger partial charge in [-0.25, -0.2) is 0 Å². The predicted molar refractivity (Wildman–Crippen MR) is 122 cm³/mol. The van der Waals surface area contributed by atoms with Crippen molar-refractivity contribution in [1.29, 1.82) is 0 Å². The van der Waals surface area contributed by atoms with Crippen LogP contribution in [0.25, 0.3) is 17.0 Å². The van der Waals surface area contributed by atoms with Crippen molar-refractivity contribution in [3.63, 3.8) is 0 Å². The molecule has 0 unspecified atom stereocenters. The molecule has 6 nitrogen and oxygen atoms in total. The molecule has 0 bridgehead atoms. The maximum Gasteiger partial charge on any atom is 0.272 e. The van der Waals surface area contributed by atoms with Crippen LogP contribution < -0.4 is 15.4 Å². The lowest BCUT2D eigenvalue weighted by Gasteiger charge is -2.13. The molecule has 1 heterocycles. The van der Waals surface area contributed by atoms with E-state index < -0.39 is 5.91 Å². The Morgan fingerprint density at radius 1 is 0.903 bits per heavy atom. The average molecular weight is 411 g/mol. The lowest BCUT2D eigenvalue weighted by atomic mass is 10.1. The summed E-state index contributed by atoms with van der Waals surface area (Å²) in [7, 11) is 1.53. The van der Waals surface area contributed by atoms with Gasteiger partial charge in [0.25, 0.3) is 11.8 Å². The minimum atomic E-state index is -0.459. The molecular weight excluding hydrogens is 390 g/mol. The van der Waals surface area contributed by atoms with Crippen LogP contribution in [0.4, 0.5) is 5.69 Å². The summed E-state index contributed by atoms with van der Waals surface area (Å²) in [6.45, 7) is 0. The number of fused-ring (bicyclic) bond motifs is 1. The maximum absolute atomic E-state index is 13.2. The molecule has 154 valence electrons. The third-order valence-electron chi connectivity index (χ3n) is 4.81. The summed E-state index contributed by atoms with van der Waals surface area (Å²) >= 11 is 0. The van der Waals surface area contributed by atoms with Crippen LogP contribution in [0, 0.1) is 0 Å². The number of hydrogen-bond acceptors (Lipinski definition) is 3. The van der Waals surface area contributed by atoms with Crippen LogP contribution in [0.5, 0.6) is 5.75 Å². The fraction of sp³-hybridized carbons (Fsp3) is 0.0400. The molecule has 0 radical (unpaired) electrons. The number of anilines is 1. The van der Waals surface area contributed by atoms with Crippen molar-refractivity contribution in [2.24, 2.45) is 0 Å². The number of amides is 2. The largest absolute Gasteiger partial charge is 0.495 e. The lowest BCUT2D eigenvalue weighted by Crippen LogP contribution is -2.30. The number of ether oxygens (including phenoxy) is 1. The summed E-state index contributed by atoms with van der Waals surface area (Å²) in [6, 6.07) is 23.6. The van der Waals surface area contributed by atoms with E-state index in [1.807, 2.05) is 36.4 Å². The quantitative estimate of drug-likeness (QED) is 0.406. The number of carbonyl (C=O) groups is 2. The third kappa shape index (κ3) is 4.48. The van der Waals surface area contributed by atoms with Gasteiger partial charge in [0.2, 0.25) is 0 Å². The molecule has 6 heteroatoms. The number of H-pyrrole nitrogens is 1. The van der Waals surface area contributed by atoms with Crippen LogP contribution in [0.1, 0.15) is 15.9 Å². The number of carbonyl (C=O) groups excluding carboxylic acids is 2. The summed E-state index contributed by atoms with van der Waals surface area (Å²) in [5, 5.41) is 6.51. The molecule has 0 aliphatic heterocycles. The first-order valence-corrected chi connectivity index (χ1v) is 9.74. The van der Waals surface area contributed by atoms with Gasteiger partial charge in [0.05, 0.1) is 12.8 Å². The first kappa shape index (κ1) is 20.0. The van der Waals surface area contributed by atoms with E-state index in [9.17, 15) is 9.59 Å². The smallest absolute Gasteiger partial charge is 0.272 e. The molecule has 0 aliphatic rings. The summed E-state index contributed by atoms with van der Waals surface area (Å²) in [5.41, 5.74) is 2.80. The monoisotopic (exact) mass is 411 g/mol. The molecular formula is C25H21N3O3. The first-order chi connectivity index (χ1) is 15.2. The Hall–Kier alpha value is -4.32. The minimum Gasteiger partial charge on any atom is -0.495 e. The Bertz CT molecular complexity index is 1260. The van der Waals surface area contributed by atoms with Crippen LogP contribution in [0.3, 0.4) is 0 Å². The molecule has 0 atom stereocenters. The highest BCUT2D eigenvalue weighted by Crippen LogP contribution is 2.24. The Morgan fingerprint density at radius 2 is 1.61 bits per heavy atom. The van der Waals surface area contributed by atoms with Crippen molar-refractivity contribution < 1.29 is 14.3 Å². The highest BCUT2D eigenvalue weighted by Gasteiger charge is 2.17. The number of aromatic amines is 1. The van der Waals surface area contributed by atoms with E-state index >= 15 is 0 Å². The zero-order chi connectivity index (χ0) is 21.6. The van der Waals surface area contributed by atoms with Gasteiger partial charge in [0, 0.05) is 28.2 Å². The highest BCUT2D eigenvalue weighted by atomic mass is 16.5. The normalized spacial score (nSPS) is 11.2. The summed E-state index contributed by atoms with van der Waals surface area (Å²) in [5.74, 6) is -0.308. The summed E-state index contributed by atoms with van der Waals surface area (Å²) < 4.78 is 5.31. The molecule has 0 aliphatic carbocycles. The Kier molecular flexibility index (Phi) is 5.80. The van der Waals surface area contributed by atoms with E-state index in [0.29, 0.717) is 17.0 Å². The maximum atomic E-state index is 13.2. The number of benzene rings is 3. The second kappa shape index (κ2) is 9.00. The van der Waals surface area contributed by atoms with Crippen LogP contribution in [-0.2, 0) is 4.79 Å². The average Bonchev–Trinajstić information content (AvgIpc) is 3.22. The first-order valence-electron chi connectivity index (χ1n) is 9.74. The van der Waals surface area contributed by atoms with Crippen LogP contribution in [0.15, 0.2) is 90.8 Å². The molecule has 4 aromatic rings. The van der Waals surface area contributed by atoms with Gasteiger partial charge in [-0.05, 0) is 36.4 Å². The van der Waals surface area contributed by atoms with E-state index in [-0.39, 0.29) is 11.6 Å². The molecule has 0 saturated heterocycles. The number of rotatable bonds is 6. The topological polar surface area (TPSA) is 83.2 Å². The second-order valence-electron chi connectivity index (χ2n) is 6.82. The van der Waals surface area contributed by atoms with E-state index in [0.717, 1.165) is 16.5 Å². The van der Waals surface area contributed by atoms with Gasteiger partial charge in [-0.15, -0.1) is 0 Å². The van der Waals surface area contributed by atoms with Gasteiger partial charge >= 0.3 is 0 Å².